The maximum absolute atomic E-state index is 12.5. The van der Waals surface area contributed by atoms with Crippen LogP contribution in [0.1, 0.15) is 11.6 Å². The van der Waals surface area contributed by atoms with Crippen LogP contribution in [-0.2, 0) is 4.79 Å². The highest BCUT2D eigenvalue weighted by atomic mass is 35.5. The zero-order valence-corrected chi connectivity index (χ0v) is 13.4. The topological polar surface area (TPSA) is 35.6 Å². The predicted octanol–water partition coefficient (Wildman–Crippen LogP) is 1.80. The first kappa shape index (κ1) is 17.2. The van der Waals surface area contributed by atoms with Crippen LogP contribution in [0.2, 0.25) is 5.02 Å². The van der Waals surface area contributed by atoms with Crippen LogP contribution in [0.25, 0.3) is 0 Å². The molecule has 2 rings (SSSR count). The summed E-state index contributed by atoms with van der Waals surface area (Å²) in [6, 6.07) is 7.35. The maximum atomic E-state index is 12.5. The number of benzene rings is 1. The summed E-state index contributed by atoms with van der Waals surface area (Å²) < 4.78 is 0. The fourth-order valence-electron chi connectivity index (χ4n) is 2.34. The largest absolute Gasteiger partial charge is 0.347 e. The van der Waals surface area contributed by atoms with E-state index >= 15 is 0 Å². The number of carbonyl (C=O) groups excluding carboxylic acids is 1. The molecule has 1 heterocycles. The smallest absolute Gasteiger partial charge is 0.244 e. The monoisotopic (exact) mass is 317 g/mol. The molecule has 1 atom stereocenters. The van der Waals surface area contributed by atoms with Gasteiger partial charge in [0.05, 0.1) is 0 Å². The fourth-order valence-corrected chi connectivity index (χ4v) is 2.47. The Bertz CT molecular complexity index is 431. The first-order valence-corrected chi connectivity index (χ1v) is 6.89. The number of hydrogen-bond acceptors (Lipinski definition) is 3. The Kier molecular flexibility index (Phi) is 6.76. The Labute approximate surface area is 131 Å². The van der Waals surface area contributed by atoms with Crippen molar-refractivity contribution in [1.29, 1.82) is 0 Å². The van der Waals surface area contributed by atoms with Gasteiger partial charge in [0.2, 0.25) is 5.91 Å². The van der Waals surface area contributed by atoms with Crippen LogP contribution in [-0.4, -0.2) is 56.0 Å². The molecule has 0 spiro atoms. The molecule has 0 aliphatic carbocycles. The van der Waals surface area contributed by atoms with Gasteiger partial charge in [-0.05, 0) is 17.7 Å². The number of nitrogens with zero attached hydrogens (tertiary/aromatic N) is 2. The highest BCUT2D eigenvalue weighted by Gasteiger charge is 2.29. The molecule has 0 saturated carbocycles. The summed E-state index contributed by atoms with van der Waals surface area (Å²) in [6.07, 6.45) is 0. The first-order valence-electron chi connectivity index (χ1n) is 6.51. The van der Waals surface area contributed by atoms with E-state index in [1.54, 1.807) is 19.0 Å². The zero-order chi connectivity index (χ0) is 13.8. The fraction of sp³-hybridized carbons (Fsp3) is 0.500. The third-order valence-electron chi connectivity index (χ3n) is 3.38. The van der Waals surface area contributed by atoms with Gasteiger partial charge in [0.25, 0.3) is 0 Å². The van der Waals surface area contributed by atoms with Crippen molar-refractivity contribution in [2.45, 2.75) is 6.04 Å². The van der Waals surface area contributed by atoms with Crippen LogP contribution in [0, 0.1) is 0 Å². The SMILES string of the molecule is CN(C)C(=O)C(c1ccc(Cl)cc1)N1CCNCC1.Cl. The highest BCUT2D eigenvalue weighted by molar-refractivity contribution is 6.30. The van der Waals surface area contributed by atoms with Crippen LogP contribution < -0.4 is 5.32 Å². The third kappa shape index (κ3) is 4.09. The lowest BCUT2D eigenvalue weighted by molar-refractivity contribution is -0.135. The van der Waals surface area contributed by atoms with Crippen molar-refractivity contribution in [2.24, 2.45) is 0 Å². The molecule has 1 aromatic rings. The predicted molar refractivity (Wildman–Crippen MR) is 84.6 cm³/mol. The van der Waals surface area contributed by atoms with E-state index in [1.807, 2.05) is 24.3 Å². The van der Waals surface area contributed by atoms with Gasteiger partial charge in [-0.25, -0.2) is 0 Å². The lowest BCUT2D eigenvalue weighted by Gasteiger charge is -2.35. The Morgan fingerprint density at radius 1 is 1.25 bits per heavy atom. The lowest BCUT2D eigenvalue weighted by Crippen LogP contribution is -2.49. The van der Waals surface area contributed by atoms with Crippen LogP contribution >= 0.6 is 24.0 Å². The summed E-state index contributed by atoms with van der Waals surface area (Å²) in [7, 11) is 3.60. The number of amides is 1. The van der Waals surface area contributed by atoms with E-state index in [0.29, 0.717) is 5.02 Å². The van der Waals surface area contributed by atoms with Crippen LogP contribution in [0.5, 0.6) is 0 Å². The molecule has 1 aliphatic rings. The van der Waals surface area contributed by atoms with Crippen molar-refractivity contribution in [2.75, 3.05) is 40.3 Å². The molecular weight excluding hydrogens is 297 g/mol. The lowest BCUT2D eigenvalue weighted by atomic mass is 10.0. The zero-order valence-electron chi connectivity index (χ0n) is 11.8. The second kappa shape index (κ2) is 7.84. The Morgan fingerprint density at radius 3 is 2.30 bits per heavy atom. The van der Waals surface area contributed by atoms with E-state index in [2.05, 4.69) is 10.2 Å². The first-order chi connectivity index (χ1) is 9.09. The van der Waals surface area contributed by atoms with Crippen molar-refractivity contribution in [3.05, 3.63) is 34.9 Å². The van der Waals surface area contributed by atoms with Crippen LogP contribution in [0.15, 0.2) is 24.3 Å². The van der Waals surface area contributed by atoms with E-state index in [9.17, 15) is 4.79 Å². The molecular formula is C14H21Cl2N3O. The Hall–Kier alpha value is -0.810. The number of hydrogen-bond donors (Lipinski definition) is 1. The summed E-state index contributed by atoms with van der Waals surface area (Å²) in [5.74, 6) is 0.115. The second-order valence-corrected chi connectivity index (χ2v) is 5.41. The molecule has 0 radical (unpaired) electrons. The average molecular weight is 318 g/mol. The molecule has 1 saturated heterocycles. The van der Waals surface area contributed by atoms with Gasteiger partial charge in [-0.1, -0.05) is 23.7 Å². The molecule has 1 fully saturated rings. The molecule has 6 heteroatoms. The van der Waals surface area contributed by atoms with Crippen molar-refractivity contribution < 1.29 is 4.79 Å². The van der Waals surface area contributed by atoms with Crippen molar-refractivity contribution in [1.82, 2.24) is 15.1 Å². The molecule has 0 aromatic heterocycles. The van der Waals surface area contributed by atoms with E-state index < -0.39 is 0 Å². The summed E-state index contributed by atoms with van der Waals surface area (Å²) >= 11 is 5.93. The minimum Gasteiger partial charge on any atom is -0.347 e. The van der Waals surface area contributed by atoms with Gasteiger partial charge in [-0.3, -0.25) is 9.69 Å². The molecule has 1 N–H and O–H groups in total. The average Bonchev–Trinajstić information content (AvgIpc) is 2.42. The number of piperazine rings is 1. The summed E-state index contributed by atoms with van der Waals surface area (Å²) in [6.45, 7) is 3.61. The Morgan fingerprint density at radius 2 is 1.80 bits per heavy atom. The molecule has 1 aromatic carbocycles. The van der Waals surface area contributed by atoms with Crippen molar-refractivity contribution in [3.63, 3.8) is 0 Å². The Balaban J connectivity index is 0.00000200. The quantitative estimate of drug-likeness (QED) is 0.923. The number of rotatable bonds is 3. The van der Waals surface area contributed by atoms with Gasteiger partial charge >= 0.3 is 0 Å². The molecule has 112 valence electrons. The number of likely N-dealkylation sites (N-methyl/N-ethyl adjacent to an activating group) is 1. The minimum atomic E-state index is -0.214. The molecule has 20 heavy (non-hydrogen) atoms. The van der Waals surface area contributed by atoms with Gasteiger partial charge in [0.1, 0.15) is 6.04 Å². The van der Waals surface area contributed by atoms with E-state index in [0.717, 1.165) is 31.7 Å². The van der Waals surface area contributed by atoms with Crippen molar-refractivity contribution >= 4 is 29.9 Å². The molecule has 1 aliphatic heterocycles. The van der Waals surface area contributed by atoms with Gasteiger partial charge in [0, 0.05) is 45.3 Å². The van der Waals surface area contributed by atoms with E-state index in [-0.39, 0.29) is 24.4 Å². The van der Waals surface area contributed by atoms with Gasteiger partial charge in [0.15, 0.2) is 0 Å². The van der Waals surface area contributed by atoms with Crippen LogP contribution in [0.4, 0.5) is 0 Å². The van der Waals surface area contributed by atoms with Crippen molar-refractivity contribution in [3.8, 4) is 0 Å². The summed E-state index contributed by atoms with van der Waals surface area (Å²) in [5, 5.41) is 4.01. The van der Waals surface area contributed by atoms with Crippen LogP contribution in [0.3, 0.4) is 0 Å². The molecule has 1 amide bonds. The van der Waals surface area contributed by atoms with Gasteiger partial charge < -0.3 is 10.2 Å². The summed E-state index contributed by atoms with van der Waals surface area (Å²) in [4.78, 5) is 16.3. The molecule has 4 nitrogen and oxygen atoms in total. The molecule has 1 unspecified atom stereocenters. The van der Waals surface area contributed by atoms with E-state index in [4.69, 9.17) is 11.6 Å². The highest BCUT2D eigenvalue weighted by Crippen LogP contribution is 2.24. The molecule has 0 bridgehead atoms. The maximum Gasteiger partial charge on any atom is 0.244 e. The number of carbonyl (C=O) groups is 1. The number of halogens is 2. The number of nitrogens with one attached hydrogen (secondary N) is 1. The van der Waals surface area contributed by atoms with E-state index in [1.165, 1.54) is 0 Å². The standard InChI is InChI=1S/C14H20ClN3O.ClH/c1-17(2)14(19)13(18-9-7-16-8-10-18)11-3-5-12(15)6-4-11;/h3-6,13,16H,7-10H2,1-2H3;1H. The second-order valence-electron chi connectivity index (χ2n) is 4.97. The van der Waals surface area contributed by atoms with Gasteiger partial charge in [-0.15, -0.1) is 12.4 Å². The minimum absolute atomic E-state index is 0. The normalized spacial score (nSPS) is 17.1. The summed E-state index contributed by atoms with van der Waals surface area (Å²) in [5.41, 5.74) is 1.00. The van der Waals surface area contributed by atoms with Gasteiger partial charge in [-0.2, -0.15) is 0 Å². The third-order valence-corrected chi connectivity index (χ3v) is 3.63.